The number of alkyl halides is 2. The second-order valence-electron chi connectivity index (χ2n) is 16.8. The van der Waals surface area contributed by atoms with E-state index >= 15 is 0 Å². The van der Waals surface area contributed by atoms with Crippen molar-refractivity contribution in [3.8, 4) is 46.7 Å². The SMILES string of the molecule is Cc1ccc(N)cc1.Cc1nc2ccccn2c1-c1cc(C#N)cc(Cl)n1.Cc1nc2ccccn2c1-c1cc(C#N)cc(Nc2ccc(OC(F)F)cc2)n1.Cc1nc2ccccn2c1C.N#Cc1cc(Cl)cc(Cl)c1. The van der Waals surface area contributed by atoms with E-state index in [0.29, 0.717) is 54.8 Å². The maximum absolute atomic E-state index is 12.3. The van der Waals surface area contributed by atoms with E-state index in [4.69, 9.17) is 51.1 Å². The molecule has 384 valence electrons. The van der Waals surface area contributed by atoms with Crippen molar-refractivity contribution in [2.24, 2.45) is 0 Å². The molecule has 8 heterocycles. The first-order valence-electron chi connectivity index (χ1n) is 23.3. The quantitative estimate of drug-likeness (QED) is 0.119. The minimum Gasteiger partial charge on any atom is -0.435 e. The lowest BCUT2D eigenvalue weighted by Gasteiger charge is -2.10. The highest BCUT2D eigenvalue weighted by Gasteiger charge is 2.16. The highest BCUT2D eigenvalue weighted by atomic mass is 35.5. The van der Waals surface area contributed by atoms with Gasteiger partial charge in [0.15, 0.2) is 0 Å². The van der Waals surface area contributed by atoms with Gasteiger partial charge in [0.05, 0.1) is 74.8 Å². The topological polar surface area (TPSA) is 196 Å². The summed E-state index contributed by atoms with van der Waals surface area (Å²) in [6.45, 7) is 7.07. The van der Waals surface area contributed by atoms with Gasteiger partial charge in [-0.1, -0.05) is 70.7 Å². The molecule has 8 aromatic heterocycles. The molecule has 0 spiro atoms. The Morgan fingerprint density at radius 1 is 0.532 bits per heavy atom. The summed E-state index contributed by atoms with van der Waals surface area (Å²) in [4.78, 5) is 22.3. The number of nitriles is 3. The van der Waals surface area contributed by atoms with Crippen LogP contribution in [0, 0.1) is 68.6 Å². The zero-order valence-electron chi connectivity index (χ0n) is 42.0. The second kappa shape index (κ2) is 25.7. The number of fused-ring (bicyclic) bond motifs is 3. The van der Waals surface area contributed by atoms with E-state index in [0.717, 1.165) is 51.1 Å². The fraction of sp³-hybridized carbons (Fsp3) is 0.103. The highest BCUT2D eigenvalue weighted by molar-refractivity contribution is 6.34. The van der Waals surface area contributed by atoms with E-state index in [9.17, 15) is 14.0 Å². The summed E-state index contributed by atoms with van der Waals surface area (Å²) in [6, 6.07) is 48.8. The number of hydrogen-bond acceptors (Lipinski definition) is 11. The lowest BCUT2D eigenvalue weighted by molar-refractivity contribution is -0.0498. The molecule has 3 N–H and O–H groups in total. The average Bonchev–Trinajstić information content (AvgIpc) is 4.11. The van der Waals surface area contributed by atoms with E-state index < -0.39 is 6.61 Å². The molecule has 0 unspecified atom stereocenters. The monoisotopic (exact) mass is 1080 g/mol. The van der Waals surface area contributed by atoms with E-state index in [-0.39, 0.29) is 5.75 Å². The van der Waals surface area contributed by atoms with E-state index in [1.165, 1.54) is 23.4 Å². The number of halogens is 5. The molecule has 0 saturated carbocycles. The van der Waals surface area contributed by atoms with Gasteiger partial charge in [0.25, 0.3) is 0 Å². The number of nitrogen functional groups attached to an aromatic ring is 1. The normalized spacial score (nSPS) is 10.3. The molecule has 11 aromatic rings. The molecule has 0 bridgehead atoms. The molecule has 14 nitrogen and oxygen atoms in total. The third kappa shape index (κ3) is 14.7. The van der Waals surface area contributed by atoms with Gasteiger partial charge in [-0.2, -0.15) is 24.6 Å². The van der Waals surface area contributed by atoms with E-state index in [2.05, 4.69) is 58.4 Å². The van der Waals surface area contributed by atoms with Gasteiger partial charge in [0.2, 0.25) is 0 Å². The Morgan fingerprint density at radius 2 is 1.00 bits per heavy atom. The number of nitrogens with zero attached hydrogens (tertiary/aromatic N) is 11. The van der Waals surface area contributed by atoms with Crippen molar-refractivity contribution >= 4 is 68.9 Å². The number of benzene rings is 3. The molecule has 0 atom stereocenters. The van der Waals surface area contributed by atoms with Crippen molar-refractivity contribution in [3.05, 3.63) is 224 Å². The van der Waals surface area contributed by atoms with Crippen LogP contribution in [0.5, 0.6) is 5.75 Å². The molecule has 77 heavy (non-hydrogen) atoms. The lowest BCUT2D eigenvalue weighted by atomic mass is 10.1. The molecule has 11 rings (SSSR count). The van der Waals surface area contributed by atoms with Crippen LogP contribution in [-0.4, -0.2) is 44.7 Å². The van der Waals surface area contributed by atoms with Crippen LogP contribution in [0.4, 0.5) is 26.0 Å². The summed E-state index contributed by atoms with van der Waals surface area (Å²) in [5, 5.41) is 31.2. The predicted molar refractivity (Wildman–Crippen MR) is 299 cm³/mol. The Hall–Kier alpha value is -9.37. The number of hydrogen-bond donors (Lipinski definition) is 2. The third-order valence-corrected chi connectivity index (χ3v) is 11.8. The van der Waals surface area contributed by atoms with Crippen molar-refractivity contribution in [3.63, 3.8) is 0 Å². The Balaban J connectivity index is 0.000000153. The van der Waals surface area contributed by atoms with E-state index in [1.54, 1.807) is 54.6 Å². The first-order valence-corrected chi connectivity index (χ1v) is 24.4. The number of anilines is 3. The van der Waals surface area contributed by atoms with Crippen LogP contribution in [0.25, 0.3) is 39.7 Å². The van der Waals surface area contributed by atoms with Crippen LogP contribution < -0.4 is 15.8 Å². The van der Waals surface area contributed by atoms with E-state index in [1.807, 2.05) is 140 Å². The van der Waals surface area contributed by atoms with Crippen LogP contribution in [0.3, 0.4) is 0 Å². The number of ether oxygens (including phenoxy) is 1. The van der Waals surface area contributed by atoms with Gasteiger partial charge >= 0.3 is 6.61 Å². The summed E-state index contributed by atoms with van der Waals surface area (Å²) in [5.41, 5.74) is 19.1. The molecule has 0 aliphatic carbocycles. The number of rotatable bonds is 6. The average molecular weight is 1090 g/mol. The zero-order valence-corrected chi connectivity index (χ0v) is 44.2. The van der Waals surface area contributed by atoms with Gasteiger partial charge in [-0.3, -0.25) is 8.80 Å². The van der Waals surface area contributed by atoms with Crippen LogP contribution in [-0.2, 0) is 0 Å². The molecule has 3 aromatic carbocycles. The minimum absolute atomic E-state index is 0.0614. The van der Waals surface area contributed by atoms with Gasteiger partial charge in [0, 0.05) is 45.7 Å². The van der Waals surface area contributed by atoms with Crippen LogP contribution in [0.15, 0.2) is 164 Å². The highest BCUT2D eigenvalue weighted by Crippen LogP contribution is 2.29. The smallest absolute Gasteiger partial charge is 0.387 e. The summed E-state index contributed by atoms with van der Waals surface area (Å²) in [6.07, 6.45) is 5.84. The fourth-order valence-electron chi connectivity index (χ4n) is 7.60. The second-order valence-corrected chi connectivity index (χ2v) is 18.0. The van der Waals surface area contributed by atoms with Crippen LogP contribution in [0.1, 0.15) is 45.0 Å². The Morgan fingerprint density at radius 3 is 1.49 bits per heavy atom. The standard InChI is InChI=1S/C21H15F2N5O.C14H9ClN4.C9H10N2.C7H3Cl2N.C7H9N/c1-13-20(28-9-3-2-4-19(28)25-13)17-10-14(12-24)11-18(27-17)26-15-5-7-16(8-6-15)29-21(22)23;1-9-14(19-5-3-2-4-13(19)17-9)11-6-10(8-16)7-12(15)18-11;1-7-8(2)11-6-4-3-5-9(11)10-7;8-6-1-5(4-10)2-7(9)3-6;1-6-2-4-7(8)5-3-6/h2-11,21H,1H3,(H,26,27);2-7H,1H3;3-6H,1-2H3;1-3H;2-5H,8H2,1H3. The molecule has 0 fully saturated rings. The number of aryl methyl sites for hydroxylation is 5. The number of nitrogens with one attached hydrogen (secondary N) is 1. The molecular weight excluding hydrogens is 1040 g/mol. The van der Waals surface area contributed by atoms with Gasteiger partial charge in [-0.05, 0) is 150 Å². The summed E-state index contributed by atoms with van der Waals surface area (Å²) < 4.78 is 34.9. The Labute approximate surface area is 457 Å². The number of imidazole rings is 3. The van der Waals surface area contributed by atoms with Crippen molar-refractivity contribution in [2.45, 2.75) is 41.2 Å². The maximum Gasteiger partial charge on any atom is 0.387 e. The van der Waals surface area contributed by atoms with Gasteiger partial charge < -0.3 is 20.2 Å². The maximum atomic E-state index is 12.3. The third-order valence-electron chi connectivity index (χ3n) is 11.2. The number of aromatic nitrogens is 8. The summed E-state index contributed by atoms with van der Waals surface area (Å²) >= 11 is 17.1. The Kier molecular flexibility index (Phi) is 18.5. The van der Waals surface area contributed by atoms with Crippen molar-refractivity contribution < 1.29 is 13.5 Å². The first kappa shape index (κ1) is 55.4. The van der Waals surface area contributed by atoms with Crippen LogP contribution >= 0.6 is 34.8 Å². The van der Waals surface area contributed by atoms with Crippen molar-refractivity contribution in [2.75, 3.05) is 11.1 Å². The molecule has 0 radical (unpaired) electrons. The molecule has 0 saturated heterocycles. The minimum atomic E-state index is -2.88. The van der Waals surface area contributed by atoms with Crippen molar-refractivity contribution in [1.29, 1.82) is 15.8 Å². The summed E-state index contributed by atoms with van der Waals surface area (Å²) in [5.74, 6) is 0.512. The largest absolute Gasteiger partial charge is 0.435 e. The lowest BCUT2D eigenvalue weighted by Crippen LogP contribution is -2.02. The predicted octanol–water partition coefficient (Wildman–Crippen LogP) is 14.5. The number of pyridine rings is 5. The van der Waals surface area contributed by atoms with Gasteiger partial charge in [0.1, 0.15) is 33.7 Å². The zero-order chi connectivity index (χ0) is 55.2. The summed E-state index contributed by atoms with van der Waals surface area (Å²) in [7, 11) is 0. The fourth-order valence-corrected chi connectivity index (χ4v) is 8.33. The van der Waals surface area contributed by atoms with Gasteiger partial charge in [-0.15, -0.1) is 0 Å². The van der Waals surface area contributed by atoms with Crippen molar-refractivity contribution in [1.82, 2.24) is 38.1 Å². The molecule has 0 aliphatic rings. The van der Waals surface area contributed by atoms with Crippen LogP contribution in [0.2, 0.25) is 15.2 Å². The molecule has 19 heteroatoms. The first-order chi connectivity index (χ1) is 37.0. The Bertz CT molecular complexity index is 3930. The molecule has 0 aliphatic heterocycles. The number of nitrogens with two attached hydrogens (primary N) is 1. The molecular formula is C58H46Cl3F2N13O. The molecule has 0 amide bonds. The van der Waals surface area contributed by atoms with Gasteiger partial charge in [-0.25, -0.2) is 24.9 Å².